The summed E-state index contributed by atoms with van der Waals surface area (Å²) in [6.07, 6.45) is 3.33. The molecule has 2 rings (SSSR count). The second-order valence-electron chi connectivity index (χ2n) is 5.23. The van der Waals surface area contributed by atoms with Crippen LogP contribution in [0, 0.1) is 5.92 Å². The Hall–Kier alpha value is -0.120. The van der Waals surface area contributed by atoms with Gasteiger partial charge in [0.2, 0.25) is 0 Å². The number of hydrogen-bond acceptors (Lipinski definition) is 3. The highest BCUT2D eigenvalue weighted by Crippen LogP contribution is 2.32. The molecule has 0 aromatic rings. The zero-order valence-electron chi connectivity index (χ0n) is 9.85. The molecular formula is C12H23NO2. The van der Waals surface area contributed by atoms with Crippen LogP contribution in [0.4, 0.5) is 0 Å². The first-order chi connectivity index (χ1) is 7.18. The lowest BCUT2D eigenvalue weighted by atomic mass is 10.0. The van der Waals surface area contributed by atoms with Crippen molar-refractivity contribution in [2.45, 2.75) is 51.3 Å². The van der Waals surface area contributed by atoms with Crippen molar-refractivity contribution in [3.8, 4) is 0 Å². The summed E-state index contributed by atoms with van der Waals surface area (Å²) >= 11 is 0. The molecule has 1 N–H and O–H groups in total. The lowest BCUT2D eigenvalue weighted by molar-refractivity contribution is -0.0711. The third-order valence-electron chi connectivity index (χ3n) is 3.55. The molecule has 88 valence electrons. The first kappa shape index (κ1) is 11.4. The largest absolute Gasteiger partial charge is 0.391 e. The van der Waals surface area contributed by atoms with Crippen molar-refractivity contribution < 1.29 is 9.84 Å². The second kappa shape index (κ2) is 4.81. The van der Waals surface area contributed by atoms with Crippen molar-refractivity contribution in [1.29, 1.82) is 0 Å². The quantitative estimate of drug-likeness (QED) is 0.763. The molecule has 2 atom stereocenters. The fourth-order valence-corrected chi connectivity index (χ4v) is 2.36. The van der Waals surface area contributed by atoms with Gasteiger partial charge in [0.05, 0.1) is 18.8 Å². The lowest BCUT2D eigenvalue weighted by Crippen LogP contribution is -2.53. The standard InChI is InChI=1S/C12H23NO2/c1-9(2)13(7-10-3-4-10)11-8-15-6-5-12(11)14/h9-12,14H,3-8H2,1-2H3. The molecule has 3 heteroatoms. The summed E-state index contributed by atoms with van der Waals surface area (Å²) in [7, 11) is 0. The topological polar surface area (TPSA) is 32.7 Å². The van der Waals surface area contributed by atoms with E-state index < -0.39 is 0 Å². The van der Waals surface area contributed by atoms with E-state index in [-0.39, 0.29) is 12.1 Å². The minimum Gasteiger partial charge on any atom is -0.391 e. The van der Waals surface area contributed by atoms with Crippen LogP contribution in [0.3, 0.4) is 0 Å². The van der Waals surface area contributed by atoms with Gasteiger partial charge in [0, 0.05) is 19.2 Å². The fraction of sp³-hybridized carbons (Fsp3) is 1.00. The van der Waals surface area contributed by atoms with Gasteiger partial charge in [0.1, 0.15) is 0 Å². The molecule has 2 fully saturated rings. The van der Waals surface area contributed by atoms with Crippen LogP contribution >= 0.6 is 0 Å². The van der Waals surface area contributed by atoms with E-state index >= 15 is 0 Å². The number of nitrogens with zero attached hydrogens (tertiary/aromatic N) is 1. The van der Waals surface area contributed by atoms with E-state index in [9.17, 15) is 5.11 Å². The van der Waals surface area contributed by atoms with Crippen LogP contribution in [0.25, 0.3) is 0 Å². The van der Waals surface area contributed by atoms with Crippen LogP contribution < -0.4 is 0 Å². The second-order valence-corrected chi connectivity index (χ2v) is 5.23. The van der Waals surface area contributed by atoms with Gasteiger partial charge in [-0.3, -0.25) is 4.90 Å². The molecule has 2 aliphatic rings. The van der Waals surface area contributed by atoms with E-state index in [0.717, 1.165) is 18.9 Å². The van der Waals surface area contributed by atoms with Crippen LogP contribution in [0.1, 0.15) is 33.1 Å². The fourth-order valence-electron chi connectivity index (χ4n) is 2.36. The molecule has 2 unspecified atom stereocenters. The molecule has 3 nitrogen and oxygen atoms in total. The van der Waals surface area contributed by atoms with E-state index in [1.807, 2.05) is 0 Å². The third kappa shape index (κ3) is 2.92. The molecule has 1 saturated carbocycles. The van der Waals surface area contributed by atoms with Gasteiger partial charge in [-0.05, 0) is 39.0 Å². The van der Waals surface area contributed by atoms with E-state index in [1.54, 1.807) is 0 Å². The SMILES string of the molecule is CC(C)N(CC1CC1)C1COCCC1O. The molecular weight excluding hydrogens is 190 g/mol. The van der Waals surface area contributed by atoms with Gasteiger partial charge in [-0.2, -0.15) is 0 Å². The Morgan fingerprint density at radius 2 is 2.07 bits per heavy atom. The molecule has 15 heavy (non-hydrogen) atoms. The smallest absolute Gasteiger partial charge is 0.0739 e. The molecule has 1 aliphatic carbocycles. The van der Waals surface area contributed by atoms with E-state index in [1.165, 1.54) is 12.8 Å². The van der Waals surface area contributed by atoms with Gasteiger partial charge in [0.25, 0.3) is 0 Å². The molecule has 0 radical (unpaired) electrons. The third-order valence-corrected chi connectivity index (χ3v) is 3.55. The average Bonchev–Trinajstić information content (AvgIpc) is 2.99. The summed E-state index contributed by atoms with van der Waals surface area (Å²) in [6, 6.07) is 0.728. The van der Waals surface area contributed by atoms with Gasteiger partial charge in [-0.25, -0.2) is 0 Å². The van der Waals surface area contributed by atoms with Crippen LogP contribution in [0.5, 0.6) is 0 Å². The molecule has 0 aromatic carbocycles. The predicted octanol–water partition coefficient (Wildman–Crippen LogP) is 1.26. The maximum atomic E-state index is 10.00. The minimum atomic E-state index is -0.195. The van der Waals surface area contributed by atoms with Gasteiger partial charge in [0.15, 0.2) is 0 Å². The number of ether oxygens (including phenoxy) is 1. The Balaban J connectivity index is 1.94. The number of aliphatic hydroxyl groups excluding tert-OH is 1. The van der Waals surface area contributed by atoms with Crippen LogP contribution in [-0.4, -0.2) is 48.0 Å². The van der Waals surface area contributed by atoms with Crippen LogP contribution in [-0.2, 0) is 4.74 Å². The minimum absolute atomic E-state index is 0.195. The zero-order chi connectivity index (χ0) is 10.8. The maximum Gasteiger partial charge on any atom is 0.0739 e. The Kier molecular flexibility index (Phi) is 3.65. The average molecular weight is 213 g/mol. The summed E-state index contributed by atoms with van der Waals surface area (Å²) in [4.78, 5) is 2.43. The summed E-state index contributed by atoms with van der Waals surface area (Å²) < 4.78 is 5.48. The van der Waals surface area contributed by atoms with Crippen molar-refractivity contribution in [3.05, 3.63) is 0 Å². The molecule has 1 aliphatic heterocycles. The van der Waals surface area contributed by atoms with Crippen LogP contribution in [0.15, 0.2) is 0 Å². The lowest BCUT2D eigenvalue weighted by Gasteiger charge is -2.40. The molecule has 1 saturated heterocycles. The van der Waals surface area contributed by atoms with Crippen molar-refractivity contribution in [2.24, 2.45) is 5.92 Å². The zero-order valence-corrected chi connectivity index (χ0v) is 9.85. The first-order valence-electron chi connectivity index (χ1n) is 6.20. The normalized spacial score (nSPS) is 32.6. The molecule has 0 amide bonds. The highest BCUT2D eigenvalue weighted by molar-refractivity contribution is 4.87. The van der Waals surface area contributed by atoms with E-state index in [2.05, 4.69) is 18.7 Å². The Morgan fingerprint density at radius 3 is 2.60 bits per heavy atom. The van der Waals surface area contributed by atoms with Crippen molar-refractivity contribution >= 4 is 0 Å². The van der Waals surface area contributed by atoms with Crippen molar-refractivity contribution in [1.82, 2.24) is 4.90 Å². The Morgan fingerprint density at radius 1 is 1.33 bits per heavy atom. The molecule has 0 aromatic heterocycles. The molecule has 0 spiro atoms. The summed E-state index contributed by atoms with van der Waals surface area (Å²) in [5.74, 6) is 0.876. The van der Waals surface area contributed by atoms with E-state index in [0.29, 0.717) is 19.3 Å². The Bertz CT molecular complexity index is 204. The highest BCUT2D eigenvalue weighted by Gasteiger charge is 2.34. The Labute approximate surface area is 92.4 Å². The number of aliphatic hydroxyl groups is 1. The highest BCUT2D eigenvalue weighted by atomic mass is 16.5. The van der Waals surface area contributed by atoms with E-state index in [4.69, 9.17) is 4.74 Å². The molecule has 1 heterocycles. The van der Waals surface area contributed by atoms with Gasteiger partial charge in [-0.15, -0.1) is 0 Å². The molecule has 0 bridgehead atoms. The number of hydrogen-bond donors (Lipinski definition) is 1. The van der Waals surface area contributed by atoms with Crippen molar-refractivity contribution in [2.75, 3.05) is 19.8 Å². The van der Waals surface area contributed by atoms with Crippen molar-refractivity contribution in [3.63, 3.8) is 0 Å². The van der Waals surface area contributed by atoms with Gasteiger partial charge >= 0.3 is 0 Å². The van der Waals surface area contributed by atoms with Gasteiger partial charge < -0.3 is 9.84 Å². The number of rotatable bonds is 4. The summed E-state index contributed by atoms with van der Waals surface area (Å²) in [5, 5.41) is 10.00. The van der Waals surface area contributed by atoms with Crippen LogP contribution in [0.2, 0.25) is 0 Å². The van der Waals surface area contributed by atoms with Gasteiger partial charge in [-0.1, -0.05) is 0 Å². The summed E-state index contributed by atoms with van der Waals surface area (Å²) in [5.41, 5.74) is 0. The predicted molar refractivity (Wildman–Crippen MR) is 59.8 cm³/mol. The maximum absolute atomic E-state index is 10.00. The monoisotopic (exact) mass is 213 g/mol. The first-order valence-corrected chi connectivity index (χ1v) is 6.20. The summed E-state index contributed by atoms with van der Waals surface area (Å²) in [6.45, 7) is 6.98.